The van der Waals surface area contributed by atoms with Crippen molar-refractivity contribution in [1.82, 2.24) is 19.7 Å². The first-order valence-corrected chi connectivity index (χ1v) is 7.17. The van der Waals surface area contributed by atoms with Crippen LogP contribution in [0.5, 0.6) is 11.5 Å². The summed E-state index contributed by atoms with van der Waals surface area (Å²) in [4.78, 5) is 17.6. The number of ether oxygens (including phenoxy) is 2. The molecule has 1 aliphatic heterocycles. The number of hydrogen-bond acceptors (Lipinski definition) is 5. The smallest absolute Gasteiger partial charge is 0.224 e. The number of nitrogens with zero attached hydrogens (tertiary/aromatic N) is 4. The molecule has 2 aromatic rings. The number of amides is 1. The Morgan fingerprint density at radius 3 is 3.00 bits per heavy atom. The predicted molar refractivity (Wildman–Crippen MR) is 78.6 cm³/mol. The lowest BCUT2D eigenvalue weighted by molar-refractivity contribution is -0.131. The summed E-state index contributed by atoms with van der Waals surface area (Å²) in [6, 6.07) is 7.55. The summed E-state index contributed by atoms with van der Waals surface area (Å²) >= 11 is 0. The van der Waals surface area contributed by atoms with Gasteiger partial charge >= 0.3 is 0 Å². The largest absolute Gasteiger partial charge is 0.486 e. The second-order valence-corrected chi connectivity index (χ2v) is 5.18. The normalized spacial score (nSPS) is 16.3. The van der Waals surface area contributed by atoms with Crippen LogP contribution in [0.2, 0.25) is 0 Å². The molecule has 0 fully saturated rings. The van der Waals surface area contributed by atoms with Crippen molar-refractivity contribution in [3.8, 4) is 11.5 Å². The molecule has 0 spiro atoms. The molecule has 0 saturated heterocycles. The molecular formula is C15H18N4O3. The minimum atomic E-state index is -0.157. The number of likely N-dealkylation sites (N-methyl/N-ethyl adjacent to an activating group) is 1. The van der Waals surface area contributed by atoms with E-state index in [2.05, 4.69) is 10.1 Å². The average Bonchev–Trinajstić information content (AvgIpc) is 3.06. The zero-order valence-corrected chi connectivity index (χ0v) is 12.4. The fourth-order valence-electron chi connectivity index (χ4n) is 2.31. The van der Waals surface area contributed by atoms with Gasteiger partial charge in [0.2, 0.25) is 5.91 Å². The minimum absolute atomic E-state index is 0.0398. The lowest BCUT2D eigenvalue weighted by Gasteiger charge is -2.29. The second-order valence-electron chi connectivity index (χ2n) is 5.18. The van der Waals surface area contributed by atoms with E-state index in [-0.39, 0.29) is 12.0 Å². The Kier molecular flexibility index (Phi) is 4.22. The van der Waals surface area contributed by atoms with Crippen molar-refractivity contribution < 1.29 is 14.3 Å². The third-order valence-electron chi connectivity index (χ3n) is 3.49. The van der Waals surface area contributed by atoms with Crippen LogP contribution in [-0.4, -0.2) is 51.9 Å². The topological polar surface area (TPSA) is 69.5 Å². The summed E-state index contributed by atoms with van der Waals surface area (Å²) in [7, 11) is 1.77. The van der Waals surface area contributed by atoms with Gasteiger partial charge in [-0.2, -0.15) is 5.10 Å². The van der Waals surface area contributed by atoms with Crippen molar-refractivity contribution in [2.24, 2.45) is 0 Å². The molecule has 0 unspecified atom stereocenters. The number of fused-ring (bicyclic) bond motifs is 1. The average molecular weight is 302 g/mol. The van der Waals surface area contributed by atoms with E-state index < -0.39 is 0 Å². The van der Waals surface area contributed by atoms with Gasteiger partial charge in [0.15, 0.2) is 17.6 Å². The van der Waals surface area contributed by atoms with E-state index in [1.165, 1.54) is 6.33 Å². The molecule has 3 rings (SSSR count). The summed E-state index contributed by atoms with van der Waals surface area (Å²) in [6.45, 7) is 1.45. The highest BCUT2D eigenvalue weighted by atomic mass is 16.6. The van der Waals surface area contributed by atoms with E-state index in [0.29, 0.717) is 26.1 Å². The first-order valence-electron chi connectivity index (χ1n) is 7.17. The second kappa shape index (κ2) is 6.46. The van der Waals surface area contributed by atoms with Gasteiger partial charge in [-0.1, -0.05) is 12.1 Å². The van der Waals surface area contributed by atoms with E-state index in [1.54, 1.807) is 23.0 Å². The fraction of sp³-hybridized carbons (Fsp3) is 0.400. The molecule has 2 heterocycles. The third-order valence-corrected chi connectivity index (χ3v) is 3.49. The van der Waals surface area contributed by atoms with Gasteiger partial charge in [0, 0.05) is 13.5 Å². The summed E-state index contributed by atoms with van der Waals surface area (Å²) < 4.78 is 13.1. The molecule has 0 radical (unpaired) electrons. The molecule has 1 atom stereocenters. The van der Waals surface area contributed by atoms with Crippen molar-refractivity contribution in [3.05, 3.63) is 36.9 Å². The van der Waals surface area contributed by atoms with Crippen LogP contribution in [-0.2, 0) is 11.3 Å². The van der Waals surface area contributed by atoms with Crippen LogP contribution in [0.4, 0.5) is 0 Å². The van der Waals surface area contributed by atoms with E-state index in [9.17, 15) is 4.79 Å². The van der Waals surface area contributed by atoms with E-state index in [4.69, 9.17) is 9.47 Å². The highest BCUT2D eigenvalue weighted by Gasteiger charge is 2.23. The molecule has 116 valence electrons. The number of rotatable bonds is 5. The minimum Gasteiger partial charge on any atom is -0.486 e. The standard InChI is InChI=1S/C15H18N4O3/c1-18(15(20)6-7-19-11-16-10-17-19)8-12-9-21-13-4-2-3-5-14(13)22-12/h2-5,10-12H,6-9H2,1H3/t12-/m0/s1. The SMILES string of the molecule is CN(C[C@H]1COc2ccccc2O1)C(=O)CCn1cncn1. The molecule has 22 heavy (non-hydrogen) atoms. The molecule has 1 aliphatic rings. The van der Waals surface area contributed by atoms with Crippen molar-refractivity contribution in [2.75, 3.05) is 20.2 Å². The monoisotopic (exact) mass is 302 g/mol. The van der Waals surface area contributed by atoms with Crippen molar-refractivity contribution in [3.63, 3.8) is 0 Å². The van der Waals surface area contributed by atoms with Gasteiger partial charge in [0.1, 0.15) is 19.3 Å². The molecule has 7 heteroatoms. The Morgan fingerprint density at radius 1 is 1.41 bits per heavy atom. The van der Waals surface area contributed by atoms with Gasteiger partial charge in [-0.3, -0.25) is 9.48 Å². The first-order chi connectivity index (χ1) is 10.7. The zero-order valence-electron chi connectivity index (χ0n) is 12.4. The van der Waals surface area contributed by atoms with E-state index in [0.717, 1.165) is 11.5 Å². The van der Waals surface area contributed by atoms with Crippen molar-refractivity contribution in [2.45, 2.75) is 19.1 Å². The van der Waals surface area contributed by atoms with Crippen LogP contribution in [0.3, 0.4) is 0 Å². The summed E-state index contributed by atoms with van der Waals surface area (Å²) in [5, 5.41) is 3.98. The molecule has 1 amide bonds. The summed E-state index contributed by atoms with van der Waals surface area (Å²) in [6.07, 6.45) is 3.28. The van der Waals surface area contributed by atoms with Gasteiger partial charge < -0.3 is 14.4 Å². The van der Waals surface area contributed by atoms with Gasteiger partial charge in [-0.15, -0.1) is 0 Å². The fourth-order valence-corrected chi connectivity index (χ4v) is 2.31. The van der Waals surface area contributed by atoms with E-state index >= 15 is 0 Å². The molecule has 0 saturated carbocycles. The first kappa shape index (κ1) is 14.4. The van der Waals surface area contributed by atoms with Crippen LogP contribution in [0.15, 0.2) is 36.9 Å². The van der Waals surface area contributed by atoms with Crippen LogP contribution < -0.4 is 9.47 Å². The lowest BCUT2D eigenvalue weighted by atomic mass is 10.2. The Hall–Kier alpha value is -2.57. The highest BCUT2D eigenvalue weighted by molar-refractivity contribution is 5.75. The number of hydrogen-bond donors (Lipinski definition) is 0. The van der Waals surface area contributed by atoms with Crippen molar-refractivity contribution in [1.29, 1.82) is 0 Å². The number of carbonyl (C=O) groups excluding carboxylic acids is 1. The number of benzene rings is 1. The molecule has 0 N–H and O–H groups in total. The molecule has 1 aromatic heterocycles. The Bertz CT molecular complexity index is 629. The highest BCUT2D eigenvalue weighted by Crippen LogP contribution is 2.30. The van der Waals surface area contributed by atoms with Crippen LogP contribution in [0.25, 0.3) is 0 Å². The Morgan fingerprint density at radius 2 is 2.23 bits per heavy atom. The third kappa shape index (κ3) is 3.36. The van der Waals surface area contributed by atoms with Crippen LogP contribution in [0, 0.1) is 0 Å². The van der Waals surface area contributed by atoms with Gasteiger partial charge in [-0.25, -0.2) is 4.98 Å². The van der Waals surface area contributed by atoms with Crippen LogP contribution in [0.1, 0.15) is 6.42 Å². The summed E-state index contributed by atoms with van der Waals surface area (Å²) in [5.74, 6) is 1.51. The lowest BCUT2D eigenvalue weighted by Crippen LogP contribution is -2.42. The number of carbonyl (C=O) groups is 1. The van der Waals surface area contributed by atoms with Gasteiger partial charge in [0.05, 0.1) is 13.1 Å². The maximum atomic E-state index is 12.1. The maximum absolute atomic E-state index is 12.1. The Balaban J connectivity index is 1.49. The van der Waals surface area contributed by atoms with E-state index in [1.807, 2.05) is 24.3 Å². The molecule has 7 nitrogen and oxygen atoms in total. The Labute approximate surface area is 128 Å². The molecule has 0 aliphatic carbocycles. The quantitative estimate of drug-likeness (QED) is 0.823. The number of aryl methyl sites for hydroxylation is 1. The zero-order chi connectivity index (χ0) is 15.4. The van der Waals surface area contributed by atoms with Gasteiger partial charge in [0.25, 0.3) is 0 Å². The maximum Gasteiger partial charge on any atom is 0.224 e. The number of para-hydroxylation sites is 2. The van der Waals surface area contributed by atoms with Crippen molar-refractivity contribution >= 4 is 5.91 Å². The number of aromatic nitrogens is 3. The summed E-state index contributed by atoms with van der Waals surface area (Å²) in [5.41, 5.74) is 0. The molecular weight excluding hydrogens is 284 g/mol. The molecule has 1 aromatic carbocycles. The predicted octanol–water partition coefficient (Wildman–Crippen LogP) is 0.967. The van der Waals surface area contributed by atoms with Crippen LogP contribution >= 0.6 is 0 Å². The van der Waals surface area contributed by atoms with Gasteiger partial charge in [-0.05, 0) is 12.1 Å². The molecule has 0 bridgehead atoms.